The third-order valence-electron chi connectivity index (χ3n) is 2.59. The number of hydrogen-bond acceptors (Lipinski definition) is 4. The molecule has 1 heterocycles. The highest BCUT2D eigenvalue weighted by Gasteiger charge is 2.25. The number of hydrogen-bond donors (Lipinski definition) is 2. The van der Waals surface area contributed by atoms with Crippen molar-refractivity contribution in [2.75, 3.05) is 5.75 Å². The second-order valence-corrected chi connectivity index (χ2v) is 6.18. The van der Waals surface area contributed by atoms with Gasteiger partial charge in [0.2, 0.25) is 5.91 Å². The number of amides is 1. The van der Waals surface area contributed by atoms with Crippen molar-refractivity contribution < 1.29 is 14.7 Å². The van der Waals surface area contributed by atoms with Crippen molar-refractivity contribution in [1.82, 2.24) is 5.32 Å². The molecule has 1 amide bonds. The Labute approximate surface area is 113 Å². The lowest BCUT2D eigenvalue weighted by Gasteiger charge is -2.11. The van der Waals surface area contributed by atoms with Crippen LogP contribution < -0.4 is 5.32 Å². The lowest BCUT2D eigenvalue weighted by Crippen LogP contribution is -2.34. The number of aliphatic carboxylic acids is 1. The topological polar surface area (TPSA) is 66.4 Å². The van der Waals surface area contributed by atoms with E-state index in [0.29, 0.717) is 12.2 Å². The molecular weight excluding hydrogens is 270 g/mol. The van der Waals surface area contributed by atoms with Crippen LogP contribution in [0.2, 0.25) is 0 Å². The molecule has 0 aromatic carbocycles. The first-order chi connectivity index (χ1) is 8.65. The van der Waals surface area contributed by atoms with Gasteiger partial charge in [-0.15, -0.1) is 23.1 Å². The Bertz CT molecular complexity index is 456. The van der Waals surface area contributed by atoms with Crippen molar-refractivity contribution >= 4 is 35.0 Å². The molecule has 2 rings (SSSR count). The number of carbonyl (C=O) groups is 2. The van der Waals surface area contributed by atoms with Crippen LogP contribution in [0.1, 0.15) is 6.42 Å². The standard InChI is InChI=1S/C12H13NO3S2/c14-10(7-18-11-2-1-5-17-11)13-9-4-3-8(6-9)12(15)16/h1-5,8-9H,6-7H2,(H,13,14)(H,15,16). The van der Waals surface area contributed by atoms with Crippen molar-refractivity contribution in [2.45, 2.75) is 16.7 Å². The van der Waals surface area contributed by atoms with Crippen LogP contribution in [0.25, 0.3) is 0 Å². The fourth-order valence-electron chi connectivity index (χ4n) is 1.72. The van der Waals surface area contributed by atoms with Gasteiger partial charge in [-0.3, -0.25) is 9.59 Å². The van der Waals surface area contributed by atoms with Crippen LogP contribution in [0.5, 0.6) is 0 Å². The molecule has 18 heavy (non-hydrogen) atoms. The molecule has 0 fully saturated rings. The van der Waals surface area contributed by atoms with E-state index in [1.807, 2.05) is 17.5 Å². The summed E-state index contributed by atoms with van der Waals surface area (Å²) in [7, 11) is 0. The van der Waals surface area contributed by atoms with E-state index in [9.17, 15) is 9.59 Å². The minimum atomic E-state index is -0.837. The van der Waals surface area contributed by atoms with Gasteiger partial charge in [-0.25, -0.2) is 0 Å². The molecule has 1 aliphatic rings. The summed E-state index contributed by atoms with van der Waals surface area (Å²) in [6, 6.07) is 3.77. The van der Waals surface area contributed by atoms with Gasteiger partial charge in [0.05, 0.1) is 15.9 Å². The lowest BCUT2D eigenvalue weighted by molar-refractivity contribution is -0.140. The quantitative estimate of drug-likeness (QED) is 0.640. The number of nitrogens with one attached hydrogen (secondary N) is 1. The van der Waals surface area contributed by atoms with E-state index in [0.717, 1.165) is 4.21 Å². The smallest absolute Gasteiger partial charge is 0.310 e. The molecule has 1 aliphatic carbocycles. The van der Waals surface area contributed by atoms with Crippen molar-refractivity contribution in [2.24, 2.45) is 5.92 Å². The highest BCUT2D eigenvalue weighted by molar-refractivity contribution is 8.01. The first-order valence-electron chi connectivity index (χ1n) is 5.52. The average molecular weight is 283 g/mol. The zero-order valence-corrected chi connectivity index (χ0v) is 11.2. The summed E-state index contributed by atoms with van der Waals surface area (Å²) in [5.41, 5.74) is 0. The average Bonchev–Trinajstić information content (AvgIpc) is 2.96. The molecule has 1 aromatic heterocycles. The van der Waals surface area contributed by atoms with Crippen LogP contribution in [-0.4, -0.2) is 28.8 Å². The molecular formula is C12H13NO3S2. The van der Waals surface area contributed by atoms with Gasteiger partial charge >= 0.3 is 5.97 Å². The Hall–Kier alpha value is -1.27. The lowest BCUT2D eigenvalue weighted by atomic mass is 10.1. The molecule has 6 heteroatoms. The zero-order chi connectivity index (χ0) is 13.0. The normalized spacial score (nSPS) is 22.0. The number of thiophene rings is 1. The molecule has 2 unspecified atom stereocenters. The minimum absolute atomic E-state index is 0.0610. The number of thioether (sulfide) groups is 1. The van der Waals surface area contributed by atoms with Gasteiger partial charge < -0.3 is 10.4 Å². The summed E-state index contributed by atoms with van der Waals surface area (Å²) in [5.74, 6) is -1.01. The Morgan fingerprint density at radius 1 is 1.50 bits per heavy atom. The summed E-state index contributed by atoms with van der Waals surface area (Å²) < 4.78 is 1.11. The Morgan fingerprint density at radius 3 is 2.94 bits per heavy atom. The maximum atomic E-state index is 11.7. The summed E-state index contributed by atoms with van der Waals surface area (Å²) in [4.78, 5) is 22.4. The van der Waals surface area contributed by atoms with Gasteiger partial charge in [-0.1, -0.05) is 18.2 Å². The first-order valence-corrected chi connectivity index (χ1v) is 7.38. The van der Waals surface area contributed by atoms with Crippen molar-refractivity contribution in [3.05, 3.63) is 29.7 Å². The van der Waals surface area contributed by atoms with E-state index in [1.54, 1.807) is 23.5 Å². The van der Waals surface area contributed by atoms with Crippen LogP contribution in [0.15, 0.2) is 33.9 Å². The zero-order valence-electron chi connectivity index (χ0n) is 9.54. The number of carboxylic acids is 1. The van der Waals surface area contributed by atoms with Crippen molar-refractivity contribution in [3.63, 3.8) is 0 Å². The molecule has 0 saturated heterocycles. The molecule has 96 valence electrons. The predicted octanol–water partition coefficient (Wildman–Crippen LogP) is 1.99. The summed E-state index contributed by atoms with van der Waals surface area (Å²) in [6.07, 6.45) is 3.84. The van der Waals surface area contributed by atoms with E-state index < -0.39 is 11.9 Å². The highest BCUT2D eigenvalue weighted by Crippen LogP contribution is 2.23. The van der Waals surface area contributed by atoms with E-state index in [1.165, 1.54) is 11.8 Å². The van der Waals surface area contributed by atoms with Crippen LogP contribution in [0.3, 0.4) is 0 Å². The largest absolute Gasteiger partial charge is 0.481 e. The molecule has 2 atom stereocenters. The van der Waals surface area contributed by atoms with E-state index in [4.69, 9.17) is 5.11 Å². The molecule has 0 aliphatic heterocycles. The number of rotatable bonds is 5. The summed E-state index contributed by atoms with van der Waals surface area (Å²) in [6.45, 7) is 0. The highest BCUT2D eigenvalue weighted by atomic mass is 32.2. The molecule has 0 saturated carbocycles. The fraction of sp³-hybridized carbons (Fsp3) is 0.333. The van der Waals surface area contributed by atoms with Crippen LogP contribution >= 0.6 is 23.1 Å². The Balaban J connectivity index is 1.72. The van der Waals surface area contributed by atoms with Gasteiger partial charge in [0.25, 0.3) is 0 Å². The van der Waals surface area contributed by atoms with Crippen molar-refractivity contribution in [1.29, 1.82) is 0 Å². The molecule has 2 N–H and O–H groups in total. The SMILES string of the molecule is O=C(CSc1cccs1)NC1C=CC(C(=O)O)C1. The summed E-state index contributed by atoms with van der Waals surface area (Å²) in [5, 5.41) is 13.6. The molecule has 0 bridgehead atoms. The third kappa shape index (κ3) is 3.61. The van der Waals surface area contributed by atoms with Gasteiger partial charge in [-0.2, -0.15) is 0 Å². The van der Waals surface area contributed by atoms with Crippen LogP contribution in [0.4, 0.5) is 0 Å². The molecule has 4 nitrogen and oxygen atoms in total. The van der Waals surface area contributed by atoms with Gasteiger partial charge in [0.15, 0.2) is 0 Å². The van der Waals surface area contributed by atoms with Crippen LogP contribution in [-0.2, 0) is 9.59 Å². The van der Waals surface area contributed by atoms with Crippen molar-refractivity contribution in [3.8, 4) is 0 Å². The second-order valence-electron chi connectivity index (χ2n) is 3.96. The summed E-state index contributed by atoms with van der Waals surface area (Å²) >= 11 is 3.09. The monoisotopic (exact) mass is 283 g/mol. The second kappa shape index (κ2) is 6.06. The maximum absolute atomic E-state index is 11.7. The van der Waals surface area contributed by atoms with Gasteiger partial charge in [0, 0.05) is 6.04 Å². The number of carbonyl (C=O) groups excluding carboxylic acids is 1. The first kappa shape index (κ1) is 13.2. The molecule has 0 spiro atoms. The van der Waals surface area contributed by atoms with Crippen LogP contribution in [0, 0.1) is 5.92 Å². The van der Waals surface area contributed by atoms with Gasteiger partial charge in [0.1, 0.15) is 0 Å². The number of carboxylic acid groups (broad SMARTS) is 1. The van der Waals surface area contributed by atoms with E-state index in [2.05, 4.69) is 5.32 Å². The van der Waals surface area contributed by atoms with Gasteiger partial charge in [-0.05, 0) is 17.9 Å². The van der Waals surface area contributed by atoms with E-state index >= 15 is 0 Å². The predicted molar refractivity (Wildman–Crippen MR) is 71.9 cm³/mol. The fourth-order valence-corrected chi connectivity index (χ4v) is 3.32. The molecule has 1 aromatic rings. The maximum Gasteiger partial charge on any atom is 0.310 e. The Morgan fingerprint density at radius 2 is 2.33 bits per heavy atom. The van der Waals surface area contributed by atoms with E-state index in [-0.39, 0.29) is 11.9 Å². The minimum Gasteiger partial charge on any atom is -0.481 e. The Kier molecular flexibility index (Phi) is 4.43. The molecule has 0 radical (unpaired) electrons. The third-order valence-corrected chi connectivity index (χ3v) is 4.72.